The smallest absolute Gasteiger partial charge is 0.311 e. The summed E-state index contributed by atoms with van der Waals surface area (Å²) >= 11 is 0. The maximum atomic E-state index is 11.3. The van der Waals surface area contributed by atoms with Crippen molar-refractivity contribution < 1.29 is 19.7 Å². The first kappa shape index (κ1) is 11.5. The average molecular weight is 202 g/mol. The lowest BCUT2D eigenvalue weighted by atomic mass is 9.85. The summed E-state index contributed by atoms with van der Waals surface area (Å²) in [5.41, 5.74) is 0. The van der Waals surface area contributed by atoms with Gasteiger partial charge in [0.05, 0.1) is 12.0 Å². The zero-order chi connectivity index (χ0) is 10.7. The predicted molar refractivity (Wildman–Crippen MR) is 50.5 cm³/mol. The number of aliphatic hydroxyl groups is 2. The fraction of sp³-hybridized carbons (Fsp3) is 0.900. The molecule has 1 aliphatic heterocycles. The topological polar surface area (TPSA) is 66.8 Å². The largest absolute Gasteiger partial charge is 0.462 e. The van der Waals surface area contributed by atoms with Crippen molar-refractivity contribution in [1.82, 2.24) is 0 Å². The molecule has 0 bridgehead atoms. The van der Waals surface area contributed by atoms with Crippen molar-refractivity contribution in [1.29, 1.82) is 0 Å². The number of carbonyl (C=O) groups is 1. The number of rotatable bonds is 3. The minimum Gasteiger partial charge on any atom is -0.462 e. The quantitative estimate of drug-likeness (QED) is 0.647. The van der Waals surface area contributed by atoms with E-state index in [4.69, 9.17) is 9.84 Å². The Kier molecular flexibility index (Phi) is 3.89. The van der Waals surface area contributed by atoms with Gasteiger partial charge in [-0.15, -0.1) is 0 Å². The molecule has 0 aliphatic carbocycles. The lowest BCUT2D eigenvalue weighted by Gasteiger charge is -2.36. The van der Waals surface area contributed by atoms with Crippen LogP contribution in [0.15, 0.2) is 0 Å². The zero-order valence-corrected chi connectivity index (χ0v) is 8.64. The van der Waals surface area contributed by atoms with Crippen LogP contribution in [0.1, 0.15) is 26.7 Å². The zero-order valence-electron chi connectivity index (χ0n) is 8.64. The molecule has 82 valence electrons. The van der Waals surface area contributed by atoms with Crippen LogP contribution in [0, 0.1) is 11.8 Å². The number of hydrogen-bond acceptors (Lipinski definition) is 4. The lowest BCUT2D eigenvalue weighted by molar-refractivity contribution is -0.178. The highest BCUT2D eigenvalue weighted by molar-refractivity contribution is 5.73. The van der Waals surface area contributed by atoms with E-state index in [9.17, 15) is 9.90 Å². The maximum Gasteiger partial charge on any atom is 0.311 e. The van der Waals surface area contributed by atoms with Gasteiger partial charge in [-0.25, -0.2) is 0 Å². The second kappa shape index (κ2) is 4.75. The van der Waals surface area contributed by atoms with E-state index in [-0.39, 0.29) is 24.6 Å². The average Bonchev–Trinajstić information content (AvgIpc) is 2.18. The Morgan fingerprint density at radius 2 is 2.07 bits per heavy atom. The summed E-state index contributed by atoms with van der Waals surface area (Å²) in [6.07, 6.45) is 0.345. The molecule has 1 heterocycles. The summed E-state index contributed by atoms with van der Waals surface area (Å²) in [7, 11) is 0. The van der Waals surface area contributed by atoms with Gasteiger partial charge in [-0.1, -0.05) is 6.92 Å². The second-order valence-corrected chi connectivity index (χ2v) is 3.98. The Bertz CT molecular complexity index is 204. The molecular weight excluding hydrogens is 184 g/mol. The van der Waals surface area contributed by atoms with Gasteiger partial charge >= 0.3 is 5.97 Å². The molecule has 4 atom stereocenters. The van der Waals surface area contributed by atoms with E-state index in [0.29, 0.717) is 12.8 Å². The molecule has 0 aromatic carbocycles. The number of ether oxygens (including phenoxy) is 1. The number of cyclic esters (lactones) is 1. The molecule has 0 radical (unpaired) electrons. The fourth-order valence-corrected chi connectivity index (χ4v) is 1.79. The number of aliphatic hydroxyl groups excluding tert-OH is 2. The van der Waals surface area contributed by atoms with Gasteiger partial charge in [-0.2, -0.15) is 0 Å². The Labute approximate surface area is 83.9 Å². The first-order valence-electron chi connectivity index (χ1n) is 5.07. The molecule has 1 fully saturated rings. The first-order valence-corrected chi connectivity index (χ1v) is 5.07. The summed E-state index contributed by atoms with van der Waals surface area (Å²) in [5.74, 6) is -0.817. The van der Waals surface area contributed by atoms with E-state index in [0.717, 1.165) is 0 Å². The highest BCUT2D eigenvalue weighted by Gasteiger charge is 2.39. The van der Waals surface area contributed by atoms with Crippen LogP contribution in [0.2, 0.25) is 0 Å². The molecule has 0 unspecified atom stereocenters. The van der Waals surface area contributed by atoms with Gasteiger partial charge < -0.3 is 14.9 Å². The van der Waals surface area contributed by atoms with E-state index in [1.165, 1.54) is 0 Å². The standard InChI is InChI=1S/C10H18O4/c1-6-8(4-3-5-11)14-10(13)7(2)9(6)12/h6-9,11-12H,3-5H2,1-2H3/t6-,7+,8+,9-/m1/s1. The van der Waals surface area contributed by atoms with Crippen LogP contribution < -0.4 is 0 Å². The number of esters is 1. The third-order valence-electron chi connectivity index (χ3n) is 2.92. The predicted octanol–water partition coefficient (Wildman–Crippen LogP) is 0.317. The van der Waals surface area contributed by atoms with E-state index in [2.05, 4.69) is 0 Å². The summed E-state index contributed by atoms with van der Waals surface area (Å²) < 4.78 is 5.17. The first-order chi connectivity index (χ1) is 6.57. The number of hydrogen-bond donors (Lipinski definition) is 2. The number of carbonyl (C=O) groups excluding carboxylic acids is 1. The van der Waals surface area contributed by atoms with Crippen LogP contribution >= 0.6 is 0 Å². The third-order valence-corrected chi connectivity index (χ3v) is 2.92. The van der Waals surface area contributed by atoms with Gasteiger partial charge in [0, 0.05) is 12.5 Å². The van der Waals surface area contributed by atoms with Gasteiger partial charge in [0.25, 0.3) is 0 Å². The molecule has 2 N–H and O–H groups in total. The highest BCUT2D eigenvalue weighted by Crippen LogP contribution is 2.28. The van der Waals surface area contributed by atoms with Gasteiger partial charge in [0.2, 0.25) is 0 Å². The van der Waals surface area contributed by atoms with Crippen molar-refractivity contribution in [3.63, 3.8) is 0 Å². The Morgan fingerprint density at radius 3 is 2.64 bits per heavy atom. The lowest BCUT2D eigenvalue weighted by Crippen LogP contribution is -2.46. The van der Waals surface area contributed by atoms with Crippen LogP contribution in [-0.4, -0.2) is 35.0 Å². The molecule has 1 saturated heterocycles. The van der Waals surface area contributed by atoms with Crippen molar-refractivity contribution in [3.8, 4) is 0 Å². The molecule has 4 heteroatoms. The molecule has 1 rings (SSSR count). The van der Waals surface area contributed by atoms with Crippen molar-refractivity contribution in [2.75, 3.05) is 6.61 Å². The van der Waals surface area contributed by atoms with Crippen LogP contribution in [0.4, 0.5) is 0 Å². The van der Waals surface area contributed by atoms with E-state index >= 15 is 0 Å². The summed E-state index contributed by atoms with van der Waals surface area (Å²) in [4.78, 5) is 11.3. The van der Waals surface area contributed by atoms with Crippen molar-refractivity contribution in [3.05, 3.63) is 0 Å². The SMILES string of the molecule is C[C@H]1[C@@H](O)[C@H](C)C(=O)O[C@H]1CCCO. The van der Waals surface area contributed by atoms with E-state index in [1.807, 2.05) is 6.92 Å². The third kappa shape index (κ3) is 2.25. The minimum atomic E-state index is -0.625. The minimum absolute atomic E-state index is 0.0470. The van der Waals surface area contributed by atoms with Crippen molar-refractivity contribution >= 4 is 5.97 Å². The van der Waals surface area contributed by atoms with Crippen LogP contribution in [0.5, 0.6) is 0 Å². The van der Waals surface area contributed by atoms with Gasteiger partial charge in [0.1, 0.15) is 6.10 Å². The Balaban J connectivity index is 2.56. The van der Waals surface area contributed by atoms with Crippen molar-refractivity contribution in [2.45, 2.75) is 38.9 Å². The van der Waals surface area contributed by atoms with E-state index < -0.39 is 12.0 Å². The van der Waals surface area contributed by atoms with Crippen LogP contribution in [0.25, 0.3) is 0 Å². The summed E-state index contributed by atoms with van der Waals surface area (Å²) in [5, 5.41) is 18.4. The van der Waals surface area contributed by atoms with E-state index in [1.54, 1.807) is 6.92 Å². The molecule has 0 spiro atoms. The fourth-order valence-electron chi connectivity index (χ4n) is 1.79. The molecule has 0 aromatic heterocycles. The maximum absolute atomic E-state index is 11.3. The summed E-state index contributed by atoms with van der Waals surface area (Å²) in [6, 6.07) is 0. The highest BCUT2D eigenvalue weighted by atomic mass is 16.5. The monoisotopic (exact) mass is 202 g/mol. The van der Waals surface area contributed by atoms with Crippen LogP contribution in [-0.2, 0) is 9.53 Å². The molecule has 14 heavy (non-hydrogen) atoms. The molecule has 1 aliphatic rings. The molecule has 4 nitrogen and oxygen atoms in total. The summed E-state index contributed by atoms with van der Waals surface area (Å²) in [6.45, 7) is 3.63. The molecular formula is C10H18O4. The normalized spacial score (nSPS) is 38.1. The molecule has 0 amide bonds. The molecule has 0 aromatic rings. The van der Waals surface area contributed by atoms with Gasteiger partial charge in [0.15, 0.2) is 0 Å². The second-order valence-electron chi connectivity index (χ2n) is 3.98. The van der Waals surface area contributed by atoms with Crippen molar-refractivity contribution in [2.24, 2.45) is 11.8 Å². The Hall–Kier alpha value is -0.610. The Morgan fingerprint density at radius 1 is 1.43 bits per heavy atom. The molecule has 0 saturated carbocycles. The van der Waals surface area contributed by atoms with Crippen LogP contribution in [0.3, 0.4) is 0 Å². The van der Waals surface area contributed by atoms with Gasteiger partial charge in [-0.3, -0.25) is 4.79 Å². The van der Waals surface area contributed by atoms with Gasteiger partial charge in [-0.05, 0) is 19.8 Å².